The number of benzene rings is 2. The number of rotatable bonds is 2. The first-order chi connectivity index (χ1) is 13.4. The van der Waals surface area contributed by atoms with E-state index < -0.39 is 11.9 Å². The normalized spacial score (nSPS) is 9.93. The molecule has 9 heteroatoms. The largest absolute Gasteiger partial charge is 0.505 e. The van der Waals surface area contributed by atoms with E-state index in [1.54, 1.807) is 48.5 Å². The van der Waals surface area contributed by atoms with E-state index >= 15 is 0 Å². The molecule has 0 saturated carbocycles. The molecule has 0 amide bonds. The molecule has 4 N–H and O–H groups in total. The van der Waals surface area contributed by atoms with Gasteiger partial charge in [-0.05, 0) is 24.3 Å². The van der Waals surface area contributed by atoms with Crippen LogP contribution in [0.25, 0.3) is 21.8 Å². The molecule has 8 nitrogen and oxygen atoms in total. The Morgan fingerprint density at radius 2 is 1.00 bits per heavy atom. The topological polar surface area (TPSA) is 141 Å². The molecule has 0 atom stereocenters. The zero-order valence-electron chi connectivity index (χ0n) is 14.6. The molecule has 2 aromatic carbocycles. The maximum absolute atomic E-state index is 10.6. The summed E-state index contributed by atoms with van der Waals surface area (Å²) in [6, 6.07) is 16.8. The number of hydrogen-bond acceptors (Lipinski definition) is 6. The summed E-state index contributed by atoms with van der Waals surface area (Å²) in [7, 11) is 0. The number of fused-ring (bicyclic) bond motifs is 2. The number of aromatic hydroxyl groups is 2. The second kappa shape index (κ2) is 9.01. The Morgan fingerprint density at radius 3 is 1.34 bits per heavy atom. The van der Waals surface area contributed by atoms with Gasteiger partial charge in [-0.2, -0.15) is 0 Å². The SMILES string of the molecule is O=C(O)c1nc2ccccc2cc1O.O=C(O)c1nc2ccccc2cc1O.[Fe]. The van der Waals surface area contributed by atoms with Crippen molar-refractivity contribution in [1.29, 1.82) is 0 Å². The molecule has 0 radical (unpaired) electrons. The van der Waals surface area contributed by atoms with Gasteiger partial charge in [0.15, 0.2) is 11.4 Å². The summed E-state index contributed by atoms with van der Waals surface area (Å²) in [5.41, 5.74) is 0.484. The molecule has 0 aliphatic rings. The van der Waals surface area contributed by atoms with E-state index in [0.717, 1.165) is 10.8 Å². The molecular weight excluding hydrogens is 420 g/mol. The number of pyridine rings is 2. The molecule has 0 bridgehead atoms. The van der Waals surface area contributed by atoms with Crippen molar-refractivity contribution in [3.63, 3.8) is 0 Å². The Morgan fingerprint density at radius 1 is 0.655 bits per heavy atom. The fourth-order valence-electron chi connectivity index (χ4n) is 2.52. The van der Waals surface area contributed by atoms with Gasteiger partial charge in [0.25, 0.3) is 0 Å². The van der Waals surface area contributed by atoms with E-state index in [0.29, 0.717) is 11.0 Å². The molecule has 2 aromatic heterocycles. The summed E-state index contributed by atoms with van der Waals surface area (Å²) in [4.78, 5) is 28.9. The minimum atomic E-state index is -1.23. The van der Waals surface area contributed by atoms with Gasteiger partial charge in [-0.1, -0.05) is 36.4 Å². The van der Waals surface area contributed by atoms with Crippen LogP contribution in [0.2, 0.25) is 0 Å². The second-order valence-corrected chi connectivity index (χ2v) is 5.71. The molecule has 29 heavy (non-hydrogen) atoms. The van der Waals surface area contributed by atoms with Crippen LogP contribution in [-0.2, 0) is 17.1 Å². The van der Waals surface area contributed by atoms with E-state index in [2.05, 4.69) is 9.97 Å². The van der Waals surface area contributed by atoms with Crippen molar-refractivity contribution in [3.8, 4) is 11.5 Å². The number of aromatic carboxylic acids is 2. The Bertz CT molecular complexity index is 1120. The number of carboxylic acid groups (broad SMARTS) is 2. The second-order valence-electron chi connectivity index (χ2n) is 5.71. The minimum absolute atomic E-state index is 0. The molecule has 0 aliphatic heterocycles. The molecule has 0 saturated heterocycles. The van der Waals surface area contributed by atoms with Gasteiger partial charge < -0.3 is 20.4 Å². The Hall–Kier alpha value is -3.68. The number of carbonyl (C=O) groups is 2. The van der Waals surface area contributed by atoms with Crippen LogP contribution >= 0.6 is 0 Å². The van der Waals surface area contributed by atoms with E-state index in [1.807, 2.05) is 0 Å². The van der Waals surface area contributed by atoms with Crippen LogP contribution in [0, 0.1) is 0 Å². The Labute approximate surface area is 174 Å². The predicted molar refractivity (Wildman–Crippen MR) is 101 cm³/mol. The van der Waals surface area contributed by atoms with Crippen LogP contribution in [0.5, 0.6) is 11.5 Å². The molecule has 148 valence electrons. The van der Waals surface area contributed by atoms with E-state index in [9.17, 15) is 19.8 Å². The van der Waals surface area contributed by atoms with Gasteiger partial charge >= 0.3 is 11.9 Å². The molecule has 0 aliphatic carbocycles. The zero-order valence-corrected chi connectivity index (χ0v) is 15.7. The van der Waals surface area contributed by atoms with Crippen molar-refractivity contribution >= 4 is 33.7 Å². The molecule has 2 heterocycles. The van der Waals surface area contributed by atoms with E-state index in [-0.39, 0.29) is 40.0 Å². The molecule has 4 aromatic rings. The Balaban J connectivity index is 0.000000200. The van der Waals surface area contributed by atoms with Gasteiger partial charge in [-0.25, -0.2) is 19.6 Å². The average molecular weight is 434 g/mol. The third kappa shape index (κ3) is 4.78. The number of nitrogens with zero attached hydrogens (tertiary/aromatic N) is 2. The third-order valence-electron chi connectivity index (χ3n) is 3.81. The molecule has 4 rings (SSSR count). The van der Waals surface area contributed by atoms with Crippen molar-refractivity contribution in [2.45, 2.75) is 0 Å². The van der Waals surface area contributed by atoms with Crippen molar-refractivity contribution in [1.82, 2.24) is 9.97 Å². The number of hydrogen-bond donors (Lipinski definition) is 4. The van der Waals surface area contributed by atoms with Gasteiger partial charge in [0.1, 0.15) is 11.5 Å². The van der Waals surface area contributed by atoms with Gasteiger partial charge in [-0.3, -0.25) is 0 Å². The van der Waals surface area contributed by atoms with Crippen LogP contribution in [0.3, 0.4) is 0 Å². The summed E-state index contributed by atoms with van der Waals surface area (Å²) in [5.74, 6) is -3.08. The van der Waals surface area contributed by atoms with Crippen molar-refractivity contribution < 1.29 is 47.1 Å². The van der Waals surface area contributed by atoms with Crippen LogP contribution in [0.1, 0.15) is 21.0 Å². The number of carboxylic acids is 2. The van der Waals surface area contributed by atoms with Gasteiger partial charge in [0.2, 0.25) is 0 Å². The molecule has 0 spiro atoms. The van der Waals surface area contributed by atoms with Crippen LogP contribution < -0.4 is 0 Å². The van der Waals surface area contributed by atoms with Crippen molar-refractivity contribution in [2.75, 3.05) is 0 Å². The van der Waals surface area contributed by atoms with Gasteiger partial charge in [-0.15, -0.1) is 0 Å². The standard InChI is InChI=1S/2C10H7NO3.Fe/c2*12-8-5-6-3-1-2-4-7(6)11-9(8)10(13)14;/h2*1-5,12H,(H,13,14);. The number of aromatic nitrogens is 2. The third-order valence-corrected chi connectivity index (χ3v) is 3.81. The van der Waals surface area contributed by atoms with Crippen molar-refractivity contribution in [2.24, 2.45) is 0 Å². The summed E-state index contributed by atoms with van der Waals surface area (Å²) < 4.78 is 0. The van der Waals surface area contributed by atoms with Crippen LogP contribution in [0.15, 0.2) is 60.7 Å². The van der Waals surface area contributed by atoms with Crippen LogP contribution in [-0.4, -0.2) is 42.3 Å². The maximum Gasteiger partial charge on any atom is 0.358 e. The quantitative estimate of drug-likeness (QED) is 0.353. The molecular formula is C20H14FeN2O6. The summed E-state index contributed by atoms with van der Waals surface area (Å²) in [6.07, 6.45) is 0. The van der Waals surface area contributed by atoms with E-state index in [1.165, 1.54) is 12.1 Å². The Kier molecular flexibility index (Phi) is 6.71. The van der Waals surface area contributed by atoms with Crippen LogP contribution in [0.4, 0.5) is 0 Å². The first-order valence-corrected chi connectivity index (χ1v) is 8.01. The van der Waals surface area contributed by atoms with Crippen molar-refractivity contribution in [3.05, 3.63) is 72.1 Å². The smallest absolute Gasteiger partial charge is 0.358 e. The first kappa shape index (κ1) is 21.6. The number of para-hydroxylation sites is 2. The maximum atomic E-state index is 10.6. The first-order valence-electron chi connectivity index (χ1n) is 8.01. The summed E-state index contributed by atoms with van der Waals surface area (Å²) in [5, 5.41) is 37.5. The molecule has 0 unspecified atom stereocenters. The minimum Gasteiger partial charge on any atom is -0.505 e. The van der Waals surface area contributed by atoms with Gasteiger partial charge in [0, 0.05) is 27.8 Å². The summed E-state index contributed by atoms with van der Waals surface area (Å²) in [6.45, 7) is 0. The summed E-state index contributed by atoms with van der Waals surface area (Å²) >= 11 is 0. The average Bonchev–Trinajstić information content (AvgIpc) is 2.67. The van der Waals surface area contributed by atoms with E-state index in [4.69, 9.17) is 10.2 Å². The van der Waals surface area contributed by atoms with Gasteiger partial charge in [0.05, 0.1) is 11.0 Å². The molecule has 0 fully saturated rings. The fourth-order valence-corrected chi connectivity index (χ4v) is 2.52. The zero-order chi connectivity index (χ0) is 20.3. The fraction of sp³-hybridized carbons (Fsp3) is 0. The monoisotopic (exact) mass is 434 g/mol. The predicted octanol–water partition coefficient (Wildman–Crippen LogP) is 3.27.